The second kappa shape index (κ2) is 12.9. The second-order valence-corrected chi connectivity index (χ2v) is 11.2. The van der Waals surface area contributed by atoms with E-state index in [0.717, 1.165) is 22.6 Å². The van der Waals surface area contributed by atoms with E-state index in [9.17, 15) is 4.79 Å². The molecule has 1 heterocycles. The van der Waals surface area contributed by atoms with E-state index in [2.05, 4.69) is 65.8 Å². The van der Waals surface area contributed by atoms with Crippen molar-refractivity contribution >= 4 is 23.4 Å². The lowest BCUT2D eigenvalue weighted by atomic mass is 9.87. The quantitative estimate of drug-likeness (QED) is 0.143. The summed E-state index contributed by atoms with van der Waals surface area (Å²) in [6.07, 6.45) is 0. The highest BCUT2D eigenvalue weighted by Crippen LogP contribution is 2.31. The fraction of sp³-hybridized carbons (Fsp3) is 0.290. The number of ether oxygens (including phenoxy) is 3. The van der Waals surface area contributed by atoms with E-state index < -0.39 is 0 Å². The molecular formula is C31H35N5O4S. The summed E-state index contributed by atoms with van der Waals surface area (Å²) in [7, 11) is 4.78. The van der Waals surface area contributed by atoms with Crippen LogP contribution in [0.1, 0.15) is 38.8 Å². The number of carbonyl (C=O) groups is 1. The smallest absolute Gasteiger partial charge is 0.250 e. The molecule has 0 radical (unpaired) electrons. The molecular weight excluding hydrogens is 538 g/mol. The van der Waals surface area contributed by atoms with Crippen LogP contribution in [-0.2, 0) is 10.2 Å². The first kappa shape index (κ1) is 29.7. The van der Waals surface area contributed by atoms with Gasteiger partial charge in [0, 0.05) is 16.8 Å². The van der Waals surface area contributed by atoms with Gasteiger partial charge < -0.3 is 14.2 Å². The highest BCUT2D eigenvalue weighted by molar-refractivity contribution is 7.99. The normalized spacial score (nSPS) is 11.7. The van der Waals surface area contributed by atoms with Crippen molar-refractivity contribution in [2.75, 3.05) is 27.1 Å². The molecule has 10 heteroatoms. The number of thioether (sulfide) groups is 1. The minimum absolute atomic E-state index is 0.0385. The lowest BCUT2D eigenvalue weighted by Gasteiger charge is -2.19. The van der Waals surface area contributed by atoms with Gasteiger partial charge in [0.2, 0.25) is 0 Å². The molecule has 0 saturated heterocycles. The zero-order chi connectivity index (χ0) is 29.6. The largest absolute Gasteiger partial charge is 0.497 e. The maximum atomic E-state index is 12.8. The molecule has 1 N–H and O–H groups in total. The maximum Gasteiger partial charge on any atom is 0.250 e. The van der Waals surface area contributed by atoms with Crippen molar-refractivity contribution < 1.29 is 19.0 Å². The standard InChI is InChI=1S/C31H35N5O4S/c1-20(22-10-17-26(39-6)27(18-22)40-7)32-33-28(37)19-41-30-35-34-29(21-8-11-23(12-9-21)31(2,3)4)36(30)24-13-15-25(38-5)16-14-24/h8-18H,19H2,1-7H3,(H,33,37)/b32-20+. The number of rotatable bonds is 10. The van der Waals surface area contributed by atoms with Crippen LogP contribution in [0.3, 0.4) is 0 Å². The topological polar surface area (TPSA) is 99.9 Å². The molecule has 0 aliphatic rings. The number of carbonyl (C=O) groups excluding carboxylic acids is 1. The summed E-state index contributed by atoms with van der Waals surface area (Å²) in [6.45, 7) is 8.36. The van der Waals surface area contributed by atoms with Gasteiger partial charge in [-0.2, -0.15) is 5.10 Å². The van der Waals surface area contributed by atoms with Gasteiger partial charge in [-0.3, -0.25) is 9.36 Å². The molecule has 0 fully saturated rings. The Morgan fingerprint density at radius 3 is 2.20 bits per heavy atom. The molecule has 0 atom stereocenters. The molecule has 0 saturated carbocycles. The minimum atomic E-state index is -0.268. The third-order valence-electron chi connectivity index (χ3n) is 6.46. The molecule has 41 heavy (non-hydrogen) atoms. The van der Waals surface area contributed by atoms with Crippen LogP contribution in [0.25, 0.3) is 17.1 Å². The predicted molar refractivity (Wildman–Crippen MR) is 163 cm³/mol. The first-order chi connectivity index (χ1) is 19.6. The fourth-order valence-corrected chi connectivity index (χ4v) is 4.81. The number of nitrogens with zero attached hydrogens (tertiary/aromatic N) is 4. The van der Waals surface area contributed by atoms with E-state index in [1.54, 1.807) is 27.4 Å². The summed E-state index contributed by atoms with van der Waals surface area (Å²) in [5, 5.41) is 13.8. The van der Waals surface area contributed by atoms with Crippen molar-refractivity contribution in [1.82, 2.24) is 20.2 Å². The number of hydrogen-bond donors (Lipinski definition) is 1. The van der Waals surface area contributed by atoms with Crippen LogP contribution in [0.4, 0.5) is 0 Å². The predicted octanol–water partition coefficient (Wildman–Crippen LogP) is 5.89. The zero-order valence-electron chi connectivity index (χ0n) is 24.4. The summed E-state index contributed by atoms with van der Waals surface area (Å²) < 4.78 is 17.9. The van der Waals surface area contributed by atoms with Gasteiger partial charge in [-0.15, -0.1) is 10.2 Å². The van der Waals surface area contributed by atoms with E-state index in [1.807, 2.05) is 47.9 Å². The molecule has 3 aromatic carbocycles. The molecule has 9 nitrogen and oxygen atoms in total. The van der Waals surface area contributed by atoms with Crippen molar-refractivity contribution in [3.05, 3.63) is 77.9 Å². The van der Waals surface area contributed by atoms with Gasteiger partial charge in [-0.25, -0.2) is 5.43 Å². The Labute approximate surface area is 244 Å². The molecule has 0 aliphatic heterocycles. The van der Waals surface area contributed by atoms with Crippen molar-refractivity contribution in [3.8, 4) is 34.3 Å². The zero-order valence-corrected chi connectivity index (χ0v) is 25.2. The third-order valence-corrected chi connectivity index (χ3v) is 7.38. The Hall–Kier alpha value is -4.31. The first-order valence-corrected chi connectivity index (χ1v) is 14.0. The minimum Gasteiger partial charge on any atom is -0.497 e. The lowest BCUT2D eigenvalue weighted by Crippen LogP contribution is -2.21. The molecule has 4 rings (SSSR count). The molecule has 0 spiro atoms. The number of hydrazone groups is 1. The fourth-order valence-electron chi connectivity index (χ4n) is 4.07. The average Bonchev–Trinajstić information content (AvgIpc) is 3.42. The third kappa shape index (κ3) is 7.07. The van der Waals surface area contributed by atoms with Gasteiger partial charge in [-0.05, 0) is 60.4 Å². The van der Waals surface area contributed by atoms with Crippen LogP contribution in [-0.4, -0.2) is 53.5 Å². The molecule has 214 valence electrons. The van der Waals surface area contributed by atoms with Gasteiger partial charge in [-0.1, -0.05) is 56.8 Å². The van der Waals surface area contributed by atoms with Crippen LogP contribution in [0.15, 0.2) is 77.0 Å². The van der Waals surface area contributed by atoms with E-state index in [-0.39, 0.29) is 17.1 Å². The first-order valence-electron chi connectivity index (χ1n) is 13.0. The van der Waals surface area contributed by atoms with Crippen molar-refractivity contribution in [2.45, 2.75) is 38.3 Å². The van der Waals surface area contributed by atoms with Crippen LogP contribution < -0.4 is 19.6 Å². The monoisotopic (exact) mass is 573 g/mol. The Morgan fingerprint density at radius 1 is 0.902 bits per heavy atom. The van der Waals surface area contributed by atoms with Crippen LogP contribution in [0.2, 0.25) is 0 Å². The maximum absolute atomic E-state index is 12.8. The lowest BCUT2D eigenvalue weighted by molar-refractivity contribution is -0.118. The highest BCUT2D eigenvalue weighted by atomic mass is 32.2. The molecule has 1 amide bonds. The van der Waals surface area contributed by atoms with Gasteiger partial charge >= 0.3 is 0 Å². The van der Waals surface area contributed by atoms with Crippen LogP contribution in [0, 0.1) is 0 Å². The molecule has 0 aliphatic carbocycles. The van der Waals surface area contributed by atoms with Crippen molar-refractivity contribution in [3.63, 3.8) is 0 Å². The Kier molecular flexibility index (Phi) is 9.34. The van der Waals surface area contributed by atoms with Crippen molar-refractivity contribution in [2.24, 2.45) is 5.10 Å². The van der Waals surface area contributed by atoms with E-state index >= 15 is 0 Å². The molecule has 0 unspecified atom stereocenters. The molecule has 4 aromatic rings. The summed E-state index contributed by atoms with van der Waals surface area (Å²) in [6, 6.07) is 21.4. The van der Waals surface area contributed by atoms with E-state index in [4.69, 9.17) is 14.2 Å². The van der Waals surface area contributed by atoms with Crippen LogP contribution >= 0.6 is 11.8 Å². The van der Waals surface area contributed by atoms with E-state index in [0.29, 0.717) is 28.2 Å². The van der Waals surface area contributed by atoms with Crippen molar-refractivity contribution in [1.29, 1.82) is 0 Å². The summed E-state index contributed by atoms with van der Waals surface area (Å²) >= 11 is 1.28. The highest BCUT2D eigenvalue weighted by Gasteiger charge is 2.19. The van der Waals surface area contributed by atoms with E-state index in [1.165, 1.54) is 17.3 Å². The van der Waals surface area contributed by atoms with Gasteiger partial charge in [0.05, 0.1) is 32.8 Å². The second-order valence-electron chi connectivity index (χ2n) is 10.3. The number of methoxy groups -OCH3 is 3. The Bertz CT molecular complexity index is 1520. The van der Waals surface area contributed by atoms with Gasteiger partial charge in [0.15, 0.2) is 22.5 Å². The number of hydrogen-bond acceptors (Lipinski definition) is 8. The summed E-state index contributed by atoms with van der Waals surface area (Å²) in [5.74, 6) is 2.46. The average molecular weight is 574 g/mol. The Morgan fingerprint density at radius 2 is 1.59 bits per heavy atom. The van der Waals surface area contributed by atoms with Crippen LogP contribution in [0.5, 0.6) is 17.2 Å². The Balaban J connectivity index is 1.54. The number of benzene rings is 3. The number of amides is 1. The molecule has 0 bridgehead atoms. The summed E-state index contributed by atoms with van der Waals surface area (Å²) in [4.78, 5) is 12.8. The summed E-state index contributed by atoms with van der Waals surface area (Å²) in [5.41, 5.74) is 7.11. The molecule has 1 aromatic heterocycles. The number of nitrogens with one attached hydrogen (secondary N) is 1. The SMILES string of the molecule is COc1ccc(-n2c(SCC(=O)N/N=C(\C)c3ccc(OC)c(OC)c3)nnc2-c2ccc(C(C)(C)C)cc2)cc1. The van der Waals surface area contributed by atoms with Gasteiger partial charge in [0.25, 0.3) is 5.91 Å². The van der Waals surface area contributed by atoms with Gasteiger partial charge in [0.1, 0.15) is 5.75 Å². The number of aromatic nitrogens is 3.